The first kappa shape index (κ1) is 19.3. The summed E-state index contributed by atoms with van der Waals surface area (Å²) in [4.78, 5) is 33.6. The van der Waals surface area contributed by atoms with Gasteiger partial charge in [0.05, 0.1) is 41.4 Å². The number of aromatic amines is 1. The molecular weight excluding hydrogens is 398 g/mol. The zero-order valence-corrected chi connectivity index (χ0v) is 16.9. The molecule has 0 saturated heterocycles. The van der Waals surface area contributed by atoms with Crippen molar-refractivity contribution in [3.63, 3.8) is 0 Å². The molecule has 0 fully saturated rings. The number of rotatable bonds is 6. The van der Waals surface area contributed by atoms with E-state index in [1.165, 1.54) is 19.3 Å². The van der Waals surface area contributed by atoms with Crippen molar-refractivity contribution < 1.29 is 23.3 Å². The molecule has 0 aliphatic carbocycles. The molecule has 0 spiro atoms. The minimum atomic E-state index is -1.47. The van der Waals surface area contributed by atoms with Gasteiger partial charge < -0.3 is 19.3 Å². The number of hydrogen-bond acceptors (Lipinski definition) is 8. The van der Waals surface area contributed by atoms with Crippen molar-refractivity contribution in [3.8, 4) is 11.6 Å². The van der Waals surface area contributed by atoms with Crippen LogP contribution in [0, 0.1) is 6.92 Å². The monoisotopic (exact) mass is 417 g/mol. The minimum absolute atomic E-state index is 0.0672. The Morgan fingerprint density at radius 1 is 1.34 bits per heavy atom. The Morgan fingerprint density at radius 3 is 2.93 bits per heavy atom. The SMILES string of the molecule is COCC(=O)N1Cc2cnc(CS(=O)c3nc4nc(OC)ccc4[nH]3)c(C)c2O1. The van der Waals surface area contributed by atoms with E-state index in [0.717, 1.165) is 11.1 Å². The van der Waals surface area contributed by atoms with Crippen molar-refractivity contribution in [1.29, 1.82) is 0 Å². The first-order valence-corrected chi connectivity index (χ1v) is 10.1. The molecule has 3 aromatic rings. The van der Waals surface area contributed by atoms with E-state index >= 15 is 0 Å². The second kappa shape index (κ2) is 7.76. The number of carbonyl (C=O) groups excluding carboxylic acids is 1. The molecule has 3 aromatic heterocycles. The van der Waals surface area contributed by atoms with Gasteiger partial charge in [-0.1, -0.05) is 0 Å². The van der Waals surface area contributed by atoms with E-state index in [4.69, 9.17) is 14.3 Å². The fourth-order valence-electron chi connectivity index (χ4n) is 2.97. The first-order valence-electron chi connectivity index (χ1n) is 8.74. The number of nitrogens with zero attached hydrogens (tertiary/aromatic N) is 4. The topological polar surface area (TPSA) is 120 Å². The molecule has 0 bridgehead atoms. The Labute approximate surface area is 168 Å². The smallest absolute Gasteiger partial charge is 0.281 e. The molecule has 29 heavy (non-hydrogen) atoms. The Balaban J connectivity index is 1.54. The van der Waals surface area contributed by atoms with Gasteiger partial charge in [0, 0.05) is 30.5 Å². The Morgan fingerprint density at radius 2 is 2.17 bits per heavy atom. The van der Waals surface area contributed by atoms with E-state index in [9.17, 15) is 9.00 Å². The lowest BCUT2D eigenvalue weighted by molar-refractivity contribution is -0.159. The van der Waals surface area contributed by atoms with Crippen molar-refractivity contribution in [3.05, 3.63) is 35.2 Å². The Kier molecular flexibility index (Phi) is 5.16. The molecule has 0 saturated carbocycles. The molecule has 10 nitrogen and oxygen atoms in total. The van der Waals surface area contributed by atoms with Crippen molar-refractivity contribution in [2.24, 2.45) is 0 Å². The van der Waals surface area contributed by atoms with E-state index < -0.39 is 10.8 Å². The molecule has 152 valence electrons. The lowest BCUT2D eigenvalue weighted by atomic mass is 10.1. The molecule has 1 amide bonds. The molecule has 1 N–H and O–H groups in total. The largest absolute Gasteiger partial charge is 0.481 e. The number of amides is 1. The number of H-pyrrole nitrogens is 1. The van der Waals surface area contributed by atoms with Crippen LogP contribution in [0.4, 0.5) is 0 Å². The summed E-state index contributed by atoms with van der Waals surface area (Å²) in [5, 5.41) is 1.54. The lowest BCUT2D eigenvalue weighted by Crippen LogP contribution is -2.32. The van der Waals surface area contributed by atoms with Gasteiger partial charge in [0.15, 0.2) is 16.6 Å². The second-order valence-electron chi connectivity index (χ2n) is 6.40. The highest BCUT2D eigenvalue weighted by molar-refractivity contribution is 7.84. The van der Waals surface area contributed by atoms with Crippen LogP contribution in [0.1, 0.15) is 16.8 Å². The van der Waals surface area contributed by atoms with E-state index in [0.29, 0.717) is 40.2 Å². The summed E-state index contributed by atoms with van der Waals surface area (Å²) in [6, 6.07) is 3.47. The molecule has 1 unspecified atom stereocenters. The molecule has 4 rings (SSSR count). The van der Waals surface area contributed by atoms with Crippen LogP contribution in [0.25, 0.3) is 11.2 Å². The van der Waals surface area contributed by atoms with E-state index in [1.807, 2.05) is 6.92 Å². The number of fused-ring (bicyclic) bond motifs is 2. The molecule has 1 aliphatic rings. The van der Waals surface area contributed by atoms with Crippen molar-refractivity contribution >= 4 is 27.9 Å². The van der Waals surface area contributed by atoms with Gasteiger partial charge in [-0.25, -0.2) is 4.98 Å². The van der Waals surface area contributed by atoms with Gasteiger partial charge >= 0.3 is 0 Å². The highest BCUT2D eigenvalue weighted by atomic mass is 32.2. The van der Waals surface area contributed by atoms with Crippen LogP contribution in [-0.2, 0) is 32.6 Å². The number of ether oxygens (including phenoxy) is 2. The third-order valence-corrected chi connectivity index (χ3v) is 5.65. The first-order chi connectivity index (χ1) is 14.0. The summed E-state index contributed by atoms with van der Waals surface area (Å²) >= 11 is 0. The Bertz CT molecular complexity index is 1120. The van der Waals surface area contributed by atoms with Crippen molar-refractivity contribution in [1.82, 2.24) is 25.0 Å². The predicted molar refractivity (Wildman–Crippen MR) is 103 cm³/mol. The molecule has 0 aromatic carbocycles. The molecule has 1 aliphatic heterocycles. The number of pyridine rings is 2. The standard InChI is InChI=1S/C18H19N5O5S/c1-10-13(19-6-11-7-23(28-16(10)11)15(24)8-26-2)9-29(25)18-20-12-4-5-14(27-3)21-17(12)22-18/h4-6H,7-9H2,1-3H3,(H,20,21,22). The third-order valence-electron chi connectivity index (χ3n) is 4.49. The summed E-state index contributed by atoms with van der Waals surface area (Å²) in [6.07, 6.45) is 1.64. The van der Waals surface area contributed by atoms with Gasteiger partial charge in [0.25, 0.3) is 5.91 Å². The lowest BCUT2D eigenvalue weighted by Gasteiger charge is -2.14. The van der Waals surface area contributed by atoms with Gasteiger partial charge in [-0.2, -0.15) is 10.0 Å². The van der Waals surface area contributed by atoms with Gasteiger partial charge in [-0.05, 0) is 13.0 Å². The van der Waals surface area contributed by atoms with Crippen molar-refractivity contribution in [2.75, 3.05) is 20.8 Å². The molecule has 4 heterocycles. The fourth-order valence-corrected chi connectivity index (χ4v) is 4.06. The Hall–Kier alpha value is -3.05. The number of aromatic nitrogens is 4. The van der Waals surface area contributed by atoms with Crippen LogP contribution < -0.4 is 9.57 Å². The number of nitrogens with one attached hydrogen (secondary N) is 1. The van der Waals surface area contributed by atoms with Crippen LogP contribution in [0.5, 0.6) is 11.6 Å². The summed E-state index contributed by atoms with van der Waals surface area (Å²) in [7, 11) is 1.50. The summed E-state index contributed by atoms with van der Waals surface area (Å²) in [5.74, 6) is 0.860. The zero-order valence-electron chi connectivity index (χ0n) is 16.1. The van der Waals surface area contributed by atoms with Crippen LogP contribution in [0.3, 0.4) is 0 Å². The van der Waals surface area contributed by atoms with Crippen LogP contribution in [-0.4, -0.2) is 55.9 Å². The van der Waals surface area contributed by atoms with Gasteiger partial charge in [-0.3, -0.25) is 14.0 Å². The second-order valence-corrected chi connectivity index (χ2v) is 7.76. The van der Waals surface area contributed by atoms with Gasteiger partial charge in [0.2, 0.25) is 5.88 Å². The summed E-state index contributed by atoms with van der Waals surface area (Å²) < 4.78 is 22.8. The maximum Gasteiger partial charge on any atom is 0.281 e. The van der Waals surface area contributed by atoms with Crippen molar-refractivity contribution in [2.45, 2.75) is 24.4 Å². The number of imidazole rings is 1. The van der Waals surface area contributed by atoms with E-state index in [2.05, 4.69) is 19.9 Å². The van der Waals surface area contributed by atoms with E-state index in [-0.39, 0.29) is 18.3 Å². The van der Waals surface area contributed by atoms with Gasteiger partial charge in [-0.15, -0.1) is 0 Å². The number of hydrogen-bond donors (Lipinski definition) is 1. The average Bonchev–Trinajstić information content (AvgIpc) is 3.34. The van der Waals surface area contributed by atoms with Crippen LogP contribution >= 0.6 is 0 Å². The molecule has 11 heteroatoms. The number of carbonyl (C=O) groups is 1. The third kappa shape index (κ3) is 3.66. The van der Waals surface area contributed by atoms with E-state index in [1.54, 1.807) is 18.3 Å². The zero-order chi connectivity index (χ0) is 20.5. The average molecular weight is 417 g/mol. The maximum atomic E-state index is 12.8. The normalized spacial score (nSPS) is 14.0. The fraction of sp³-hybridized carbons (Fsp3) is 0.333. The summed E-state index contributed by atoms with van der Waals surface area (Å²) in [6.45, 7) is 2.06. The van der Waals surface area contributed by atoms with Crippen LogP contribution in [0.15, 0.2) is 23.5 Å². The van der Waals surface area contributed by atoms with Crippen LogP contribution in [0.2, 0.25) is 0 Å². The molecular formula is C18H19N5O5S. The minimum Gasteiger partial charge on any atom is -0.481 e. The van der Waals surface area contributed by atoms with Gasteiger partial charge in [0.1, 0.15) is 6.61 Å². The summed E-state index contributed by atoms with van der Waals surface area (Å²) in [5.41, 5.74) is 3.24. The number of methoxy groups -OCH3 is 2. The highest BCUT2D eigenvalue weighted by Gasteiger charge is 2.29. The maximum absolute atomic E-state index is 12.8. The predicted octanol–water partition coefficient (Wildman–Crippen LogP) is 1.26. The quantitative estimate of drug-likeness (QED) is 0.637. The molecule has 0 radical (unpaired) electrons. The number of hydroxylamine groups is 2. The highest BCUT2D eigenvalue weighted by Crippen LogP contribution is 2.33. The molecule has 1 atom stereocenters.